The molecule has 25 heavy (non-hydrogen) atoms. The van der Waals surface area contributed by atoms with Gasteiger partial charge in [0.1, 0.15) is 0 Å². The number of hydrogen-bond acceptors (Lipinski definition) is 3. The zero-order valence-electron chi connectivity index (χ0n) is 17.5. The van der Waals surface area contributed by atoms with Gasteiger partial charge in [-0.05, 0) is 60.1 Å². The van der Waals surface area contributed by atoms with Crippen molar-refractivity contribution in [2.75, 3.05) is 26.7 Å². The van der Waals surface area contributed by atoms with E-state index < -0.39 is 0 Å². The predicted octanol–water partition coefficient (Wildman–Crippen LogP) is 2.25. The largest absolute Gasteiger partial charge is 0.357 e. The Morgan fingerprint density at radius 2 is 1.96 bits per heavy atom. The maximum absolute atomic E-state index is 4.73. The monoisotopic (exact) mass is 350 g/mol. The second-order valence-corrected chi connectivity index (χ2v) is 7.02. The highest BCUT2D eigenvalue weighted by Gasteiger charge is 2.14. The maximum Gasteiger partial charge on any atom is 0.191 e. The van der Waals surface area contributed by atoms with Crippen LogP contribution in [-0.2, 0) is 13.5 Å². The molecule has 1 rings (SSSR count). The Morgan fingerprint density at radius 1 is 1.28 bits per heavy atom. The van der Waals surface area contributed by atoms with Gasteiger partial charge in [0.05, 0.1) is 12.2 Å². The summed E-state index contributed by atoms with van der Waals surface area (Å²) >= 11 is 0. The van der Waals surface area contributed by atoms with Crippen molar-refractivity contribution in [1.29, 1.82) is 0 Å². The fraction of sp³-hybridized carbons (Fsp3) is 0.789. The lowest BCUT2D eigenvalue weighted by Gasteiger charge is -2.23. The first-order valence-corrected chi connectivity index (χ1v) is 9.54. The number of aliphatic imine (C=N–C) groups is 1. The number of hydrogen-bond donors (Lipinski definition) is 2. The Bertz CT molecular complexity index is 548. The molecule has 6 heteroatoms. The minimum absolute atomic E-state index is 0.298. The summed E-state index contributed by atoms with van der Waals surface area (Å²) in [4.78, 5) is 7.09. The van der Waals surface area contributed by atoms with Crippen LogP contribution in [0.15, 0.2) is 4.99 Å². The molecule has 0 bridgehead atoms. The molecule has 0 saturated heterocycles. The standard InChI is InChI=1S/C19H38N6/c1-9-15(4)24(7)12-11-21-19(20-10-2)22-14(3)13-18-16(5)23-25(8)17(18)6/h14-15H,9-13H2,1-8H3,(H2,20,21,22). The van der Waals surface area contributed by atoms with Crippen molar-refractivity contribution in [3.63, 3.8) is 0 Å². The van der Waals surface area contributed by atoms with Crippen molar-refractivity contribution >= 4 is 5.96 Å². The molecule has 1 heterocycles. The second kappa shape index (κ2) is 10.4. The Kier molecular flexibility index (Phi) is 8.97. The van der Waals surface area contributed by atoms with E-state index in [0.29, 0.717) is 12.1 Å². The number of nitrogens with zero attached hydrogens (tertiary/aromatic N) is 4. The lowest BCUT2D eigenvalue weighted by molar-refractivity contribution is 0.259. The number of guanidine groups is 1. The van der Waals surface area contributed by atoms with Crippen LogP contribution in [-0.4, -0.2) is 59.4 Å². The summed E-state index contributed by atoms with van der Waals surface area (Å²) in [5.41, 5.74) is 3.68. The van der Waals surface area contributed by atoms with Gasteiger partial charge in [0.2, 0.25) is 0 Å². The molecule has 6 nitrogen and oxygen atoms in total. The van der Waals surface area contributed by atoms with E-state index in [1.807, 2.05) is 11.7 Å². The van der Waals surface area contributed by atoms with Crippen molar-refractivity contribution in [3.05, 3.63) is 17.0 Å². The van der Waals surface area contributed by atoms with E-state index in [4.69, 9.17) is 4.99 Å². The van der Waals surface area contributed by atoms with Crippen LogP contribution >= 0.6 is 0 Å². The third-order valence-electron chi connectivity index (χ3n) is 4.96. The van der Waals surface area contributed by atoms with Crippen LogP contribution in [0.2, 0.25) is 0 Å². The molecular weight excluding hydrogens is 312 g/mol. The smallest absolute Gasteiger partial charge is 0.191 e. The highest BCUT2D eigenvalue weighted by Crippen LogP contribution is 2.14. The van der Waals surface area contributed by atoms with Gasteiger partial charge in [-0.1, -0.05) is 6.92 Å². The second-order valence-electron chi connectivity index (χ2n) is 7.02. The van der Waals surface area contributed by atoms with Crippen LogP contribution in [0.4, 0.5) is 0 Å². The first-order chi connectivity index (χ1) is 11.8. The molecule has 2 atom stereocenters. The van der Waals surface area contributed by atoms with Crippen molar-refractivity contribution < 1.29 is 0 Å². The van der Waals surface area contributed by atoms with Gasteiger partial charge in [-0.2, -0.15) is 5.10 Å². The molecule has 1 aromatic heterocycles. The molecule has 0 aliphatic carbocycles. The summed E-state index contributed by atoms with van der Waals surface area (Å²) in [6.45, 7) is 15.6. The lowest BCUT2D eigenvalue weighted by atomic mass is 10.1. The summed E-state index contributed by atoms with van der Waals surface area (Å²) in [5.74, 6) is 0.895. The van der Waals surface area contributed by atoms with Gasteiger partial charge in [0, 0.05) is 37.9 Å². The topological polar surface area (TPSA) is 57.5 Å². The van der Waals surface area contributed by atoms with Crippen molar-refractivity contribution in [1.82, 2.24) is 25.3 Å². The highest BCUT2D eigenvalue weighted by atomic mass is 15.3. The molecule has 0 aliphatic rings. The van der Waals surface area contributed by atoms with Gasteiger partial charge in [-0.3, -0.25) is 9.67 Å². The van der Waals surface area contributed by atoms with E-state index in [2.05, 4.69) is 69.2 Å². The summed E-state index contributed by atoms with van der Waals surface area (Å²) in [7, 11) is 4.17. The van der Waals surface area contributed by atoms with Crippen LogP contribution in [0.3, 0.4) is 0 Å². The zero-order chi connectivity index (χ0) is 19.0. The Labute approximate surface area is 154 Å². The van der Waals surface area contributed by atoms with E-state index in [1.54, 1.807) is 0 Å². The third-order valence-corrected chi connectivity index (χ3v) is 4.96. The van der Waals surface area contributed by atoms with Crippen LogP contribution in [0.5, 0.6) is 0 Å². The average Bonchev–Trinajstić information content (AvgIpc) is 2.80. The van der Waals surface area contributed by atoms with Gasteiger partial charge in [0.15, 0.2) is 5.96 Å². The van der Waals surface area contributed by atoms with Gasteiger partial charge in [-0.15, -0.1) is 0 Å². The van der Waals surface area contributed by atoms with E-state index in [1.165, 1.54) is 17.7 Å². The first-order valence-electron chi connectivity index (χ1n) is 9.54. The van der Waals surface area contributed by atoms with Crippen LogP contribution < -0.4 is 10.6 Å². The molecule has 0 aromatic carbocycles. The third kappa shape index (κ3) is 6.69. The van der Waals surface area contributed by atoms with E-state index >= 15 is 0 Å². The van der Waals surface area contributed by atoms with E-state index in [-0.39, 0.29) is 0 Å². The lowest BCUT2D eigenvalue weighted by Crippen LogP contribution is -2.43. The zero-order valence-corrected chi connectivity index (χ0v) is 17.5. The molecule has 0 fully saturated rings. The van der Waals surface area contributed by atoms with Crippen LogP contribution in [0, 0.1) is 13.8 Å². The number of nitrogens with one attached hydrogen (secondary N) is 2. The average molecular weight is 351 g/mol. The van der Waals surface area contributed by atoms with Gasteiger partial charge in [0.25, 0.3) is 0 Å². The molecule has 0 aliphatic heterocycles. The van der Waals surface area contributed by atoms with Crippen molar-refractivity contribution in [3.8, 4) is 0 Å². The Hall–Kier alpha value is -1.56. The van der Waals surface area contributed by atoms with E-state index in [9.17, 15) is 0 Å². The Balaban J connectivity index is 2.62. The number of aromatic nitrogens is 2. The Morgan fingerprint density at radius 3 is 2.48 bits per heavy atom. The van der Waals surface area contributed by atoms with Crippen molar-refractivity contribution in [2.45, 2.75) is 66.5 Å². The SMILES string of the molecule is CCNC(=NCCN(C)C(C)CC)NC(C)Cc1c(C)nn(C)c1C. The maximum atomic E-state index is 4.73. The summed E-state index contributed by atoms with van der Waals surface area (Å²) < 4.78 is 1.96. The molecule has 0 spiro atoms. The minimum Gasteiger partial charge on any atom is -0.357 e. The molecule has 0 amide bonds. The molecule has 0 saturated carbocycles. The number of aryl methyl sites for hydroxylation is 2. The highest BCUT2D eigenvalue weighted by molar-refractivity contribution is 5.80. The van der Waals surface area contributed by atoms with Crippen molar-refractivity contribution in [2.24, 2.45) is 12.0 Å². The van der Waals surface area contributed by atoms with Crippen LogP contribution in [0.1, 0.15) is 51.1 Å². The van der Waals surface area contributed by atoms with Gasteiger partial charge < -0.3 is 15.5 Å². The number of likely N-dealkylation sites (N-methyl/N-ethyl adjacent to an activating group) is 1. The molecule has 2 unspecified atom stereocenters. The molecule has 144 valence electrons. The predicted molar refractivity (Wildman–Crippen MR) is 107 cm³/mol. The number of rotatable bonds is 9. The van der Waals surface area contributed by atoms with Gasteiger partial charge >= 0.3 is 0 Å². The molecule has 1 aromatic rings. The summed E-state index contributed by atoms with van der Waals surface area (Å²) in [6, 6.07) is 0.896. The van der Waals surface area contributed by atoms with Gasteiger partial charge in [-0.25, -0.2) is 0 Å². The normalized spacial score (nSPS) is 14.7. The first kappa shape index (κ1) is 21.5. The molecular formula is C19H38N6. The summed E-state index contributed by atoms with van der Waals surface area (Å²) in [5, 5.41) is 11.4. The molecule has 0 radical (unpaired) electrons. The van der Waals surface area contributed by atoms with Crippen LogP contribution in [0.25, 0.3) is 0 Å². The van der Waals surface area contributed by atoms with E-state index in [0.717, 1.165) is 37.7 Å². The summed E-state index contributed by atoms with van der Waals surface area (Å²) in [6.07, 6.45) is 2.11. The molecule has 2 N–H and O–H groups in total. The fourth-order valence-corrected chi connectivity index (χ4v) is 2.88. The minimum atomic E-state index is 0.298. The quantitative estimate of drug-likeness (QED) is 0.530. The fourth-order valence-electron chi connectivity index (χ4n) is 2.88.